The molecule has 0 aromatic rings. The van der Waals surface area contributed by atoms with Gasteiger partial charge in [0, 0.05) is 30.3 Å². The molecule has 1 N–H and O–H groups in total. The number of dihydropyridines is 1. The molecule has 0 saturated carbocycles. The molecule has 0 atom stereocenters. The Bertz CT molecular complexity index is 427. The van der Waals surface area contributed by atoms with Gasteiger partial charge in [0.2, 0.25) is 0 Å². The van der Waals surface area contributed by atoms with Crippen LogP contribution in [0.5, 0.6) is 0 Å². The Kier molecular flexibility index (Phi) is 3.80. The van der Waals surface area contributed by atoms with E-state index in [1.807, 2.05) is 12.3 Å². The molecule has 2 aliphatic heterocycles. The standard InChI is InChI=1S/C15H23N3/c1-12(2)9-17-11-18(14(4)13(17)3)10-15-7-5-6-8-16-15/h5-8,10,12,16H,9,11H2,1-4H3/b15-10-. The molecule has 18 heavy (non-hydrogen) atoms. The van der Waals surface area contributed by atoms with E-state index in [2.05, 4.69) is 61.2 Å². The Morgan fingerprint density at radius 3 is 2.67 bits per heavy atom. The Morgan fingerprint density at radius 1 is 1.28 bits per heavy atom. The van der Waals surface area contributed by atoms with Gasteiger partial charge in [-0.25, -0.2) is 0 Å². The fourth-order valence-corrected chi connectivity index (χ4v) is 2.26. The number of nitrogens with one attached hydrogen (secondary N) is 1. The van der Waals surface area contributed by atoms with Crippen molar-refractivity contribution in [1.82, 2.24) is 15.1 Å². The first-order valence-electron chi connectivity index (χ1n) is 6.58. The third kappa shape index (κ3) is 2.78. The SMILES string of the molecule is CC1=C(C)N(CC(C)C)CN1/C=C1/C=CC=CN1. The maximum absolute atomic E-state index is 3.25. The summed E-state index contributed by atoms with van der Waals surface area (Å²) in [5.41, 5.74) is 3.86. The molecule has 0 aromatic heterocycles. The summed E-state index contributed by atoms with van der Waals surface area (Å²) in [6.45, 7) is 11.0. The van der Waals surface area contributed by atoms with Gasteiger partial charge in [0.1, 0.15) is 0 Å². The lowest BCUT2D eigenvalue weighted by Crippen LogP contribution is -2.28. The van der Waals surface area contributed by atoms with E-state index in [4.69, 9.17) is 0 Å². The smallest absolute Gasteiger partial charge is 0.0942 e. The molecule has 0 amide bonds. The maximum atomic E-state index is 3.25. The summed E-state index contributed by atoms with van der Waals surface area (Å²) in [6.07, 6.45) is 10.3. The monoisotopic (exact) mass is 245 g/mol. The van der Waals surface area contributed by atoms with Crippen LogP contribution in [0, 0.1) is 5.92 Å². The van der Waals surface area contributed by atoms with Gasteiger partial charge in [-0.15, -0.1) is 0 Å². The molecule has 0 aliphatic carbocycles. The van der Waals surface area contributed by atoms with Gasteiger partial charge < -0.3 is 15.1 Å². The molecule has 0 saturated heterocycles. The van der Waals surface area contributed by atoms with Crippen LogP contribution in [0.25, 0.3) is 0 Å². The van der Waals surface area contributed by atoms with Crippen LogP contribution in [0.2, 0.25) is 0 Å². The van der Waals surface area contributed by atoms with Gasteiger partial charge in [-0.1, -0.05) is 19.9 Å². The first-order chi connectivity index (χ1) is 8.58. The molecule has 0 unspecified atom stereocenters. The zero-order chi connectivity index (χ0) is 13.1. The summed E-state index contributed by atoms with van der Waals surface area (Å²) in [7, 11) is 0. The van der Waals surface area contributed by atoms with Crippen molar-refractivity contribution in [3.8, 4) is 0 Å². The molecule has 2 heterocycles. The third-order valence-corrected chi connectivity index (χ3v) is 3.37. The fourth-order valence-electron chi connectivity index (χ4n) is 2.26. The van der Waals surface area contributed by atoms with Gasteiger partial charge >= 0.3 is 0 Å². The molecule has 0 spiro atoms. The Labute approximate surface area is 110 Å². The van der Waals surface area contributed by atoms with Gasteiger partial charge in [0.15, 0.2) is 0 Å². The fraction of sp³-hybridized carbons (Fsp3) is 0.467. The van der Waals surface area contributed by atoms with Gasteiger partial charge in [-0.05, 0) is 31.9 Å². The van der Waals surface area contributed by atoms with Crippen LogP contribution < -0.4 is 5.32 Å². The highest BCUT2D eigenvalue weighted by atomic mass is 15.4. The average molecular weight is 245 g/mol. The molecule has 2 rings (SSSR count). The zero-order valence-electron chi connectivity index (χ0n) is 11.8. The predicted molar refractivity (Wildman–Crippen MR) is 76.1 cm³/mol. The van der Waals surface area contributed by atoms with E-state index in [-0.39, 0.29) is 0 Å². The van der Waals surface area contributed by atoms with E-state index in [1.165, 1.54) is 11.4 Å². The van der Waals surface area contributed by atoms with Crippen molar-refractivity contribution in [1.29, 1.82) is 0 Å². The second-order valence-corrected chi connectivity index (χ2v) is 5.35. The van der Waals surface area contributed by atoms with Gasteiger partial charge in [0.25, 0.3) is 0 Å². The third-order valence-electron chi connectivity index (χ3n) is 3.37. The van der Waals surface area contributed by atoms with Crippen LogP contribution in [-0.2, 0) is 0 Å². The van der Waals surface area contributed by atoms with Gasteiger partial charge in [-0.3, -0.25) is 0 Å². The summed E-state index contributed by atoms with van der Waals surface area (Å²) in [5, 5.41) is 3.25. The van der Waals surface area contributed by atoms with Crippen LogP contribution in [0.15, 0.2) is 47.7 Å². The van der Waals surface area contributed by atoms with Crippen molar-refractivity contribution >= 4 is 0 Å². The van der Waals surface area contributed by atoms with Crippen molar-refractivity contribution in [2.45, 2.75) is 27.7 Å². The van der Waals surface area contributed by atoms with Crippen LogP contribution in [0.1, 0.15) is 27.7 Å². The highest BCUT2D eigenvalue weighted by Gasteiger charge is 2.22. The first kappa shape index (κ1) is 12.8. The Hall–Kier alpha value is -1.64. The van der Waals surface area contributed by atoms with E-state index in [0.29, 0.717) is 5.92 Å². The van der Waals surface area contributed by atoms with Crippen LogP contribution >= 0.6 is 0 Å². The van der Waals surface area contributed by atoms with E-state index < -0.39 is 0 Å². The van der Waals surface area contributed by atoms with Crippen LogP contribution in [-0.4, -0.2) is 23.0 Å². The number of nitrogens with zero attached hydrogens (tertiary/aromatic N) is 2. The van der Waals surface area contributed by atoms with E-state index in [0.717, 1.165) is 18.9 Å². The summed E-state index contributed by atoms with van der Waals surface area (Å²) >= 11 is 0. The maximum Gasteiger partial charge on any atom is 0.0942 e. The number of allylic oxidation sites excluding steroid dienone is 5. The van der Waals surface area contributed by atoms with Crippen LogP contribution in [0.4, 0.5) is 0 Å². The second-order valence-electron chi connectivity index (χ2n) is 5.35. The Morgan fingerprint density at radius 2 is 2.06 bits per heavy atom. The normalized spacial score (nSPS) is 21.5. The number of hydrogen-bond donors (Lipinski definition) is 1. The summed E-state index contributed by atoms with van der Waals surface area (Å²) < 4.78 is 0. The molecule has 3 heteroatoms. The summed E-state index contributed by atoms with van der Waals surface area (Å²) in [5.74, 6) is 0.691. The topological polar surface area (TPSA) is 18.5 Å². The molecule has 0 radical (unpaired) electrons. The molecule has 2 aliphatic rings. The molecule has 0 fully saturated rings. The summed E-state index contributed by atoms with van der Waals surface area (Å²) in [6, 6.07) is 0. The number of hydrogen-bond acceptors (Lipinski definition) is 3. The lowest BCUT2D eigenvalue weighted by Gasteiger charge is -2.23. The molecule has 0 bridgehead atoms. The van der Waals surface area contributed by atoms with Gasteiger partial charge in [0.05, 0.1) is 12.4 Å². The number of rotatable bonds is 3. The van der Waals surface area contributed by atoms with Crippen LogP contribution in [0.3, 0.4) is 0 Å². The lowest BCUT2D eigenvalue weighted by atomic mass is 10.2. The molecule has 98 valence electrons. The van der Waals surface area contributed by atoms with Crippen molar-refractivity contribution in [3.05, 3.63) is 47.7 Å². The van der Waals surface area contributed by atoms with Crippen molar-refractivity contribution in [3.63, 3.8) is 0 Å². The molecular formula is C15H23N3. The highest BCUT2D eigenvalue weighted by Crippen LogP contribution is 2.24. The van der Waals surface area contributed by atoms with Crippen molar-refractivity contribution < 1.29 is 0 Å². The second kappa shape index (κ2) is 5.34. The van der Waals surface area contributed by atoms with Gasteiger partial charge in [-0.2, -0.15) is 0 Å². The molecular weight excluding hydrogens is 222 g/mol. The quantitative estimate of drug-likeness (QED) is 0.824. The van der Waals surface area contributed by atoms with E-state index >= 15 is 0 Å². The van der Waals surface area contributed by atoms with E-state index in [9.17, 15) is 0 Å². The molecule has 3 nitrogen and oxygen atoms in total. The first-order valence-corrected chi connectivity index (χ1v) is 6.58. The lowest BCUT2D eigenvalue weighted by molar-refractivity contribution is 0.266. The van der Waals surface area contributed by atoms with Crippen molar-refractivity contribution in [2.24, 2.45) is 5.92 Å². The minimum absolute atomic E-state index is 0.691. The average Bonchev–Trinajstić information content (AvgIpc) is 2.58. The van der Waals surface area contributed by atoms with Crippen molar-refractivity contribution in [2.75, 3.05) is 13.2 Å². The highest BCUT2D eigenvalue weighted by molar-refractivity contribution is 5.28. The molecule has 0 aromatic carbocycles. The predicted octanol–water partition coefficient (Wildman–Crippen LogP) is 2.98. The van der Waals surface area contributed by atoms with E-state index in [1.54, 1.807) is 0 Å². The largest absolute Gasteiger partial charge is 0.361 e. The summed E-state index contributed by atoms with van der Waals surface area (Å²) in [4.78, 5) is 4.75. The minimum atomic E-state index is 0.691. The minimum Gasteiger partial charge on any atom is -0.361 e. The Balaban J connectivity index is 2.08. The zero-order valence-corrected chi connectivity index (χ0v) is 11.8.